The fourth-order valence-corrected chi connectivity index (χ4v) is 3.23. The molecule has 1 aliphatic rings. The number of anilines is 1. The molecule has 24 heavy (non-hydrogen) atoms. The number of nitrogens with zero attached hydrogens (tertiary/aromatic N) is 3. The molecule has 4 nitrogen and oxygen atoms in total. The third-order valence-corrected chi connectivity index (χ3v) is 4.89. The van der Waals surface area contributed by atoms with Crippen molar-refractivity contribution in [3.05, 3.63) is 58.7 Å². The standard InChI is InChI=1S/C19H21ClN4/c20-18-4-2-1-3-17(18)14-24-9-7-15(8-10-24)12-22-19-6-5-16(11-21)13-23-19/h1-6,13,15H,7-10,12,14H2,(H,22,23). The minimum atomic E-state index is 0.591. The molecule has 1 saturated heterocycles. The van der Waals surface area contributed by atoms with Gasteiger partial charge in [-0.3, -0.25) is 4.90 Å². The molecule has 124 valence electrons. The predicted molar refractivity (Wildman–Crippen MR) is 96.9 cm³/mol. The molecule has 1 fully saturated rings. The van der Waals surface area contributed by atoms with Crippen molar-refractivity contribution in [3.63, 3.8) is 0 Å². The first kappa shape index (κ1) is 16.8. The summed E-state index contributed by atoms with van der Waals surface area (Å²) in [7, 11) is 0. The molecule has 0 radical (unpaired) electrons. The second-order valence-electron chi connectivity index (χ2n) is 6.24. The van der Waals surface area contributed by atoms with Gasteiger partial charge in [-0.2, -0.15) is 5.26 Å². The maximum Gasteiger partial charge on any atom is 0.125 e. The molecule has 0 unspecified atom stereocenters. The number of nitrogens with one attached hydrogen (secondary N) is 1. The molecule has 2 aromatic rings. The third-order valence-electron chi connectivity index (χ3n) is 4.52. The highest BCUT2D eigenvalue weighted by molar-refractivity contribution is 6.31. The molecule has 0 saturated carbocycles. The number of hydrogen-bond acceptors (Lipinski definition) is 4. The molecule has 0 spiro atoms. The van der Waals surface area contributed by atoms with Gasteiger partial charge in [0.1, 0.15) is 11.9 Å². The third kappa shape index (κ3) is 4.47. The average Bonchev–Trinajstić information content (AvgIpc) is 2.63. The highest BCUT2D eigenvalue weighted by atomic mass is 35.5. The maximum atomic E-state index is 8.79. The van der Waals surface area contributed by atoms with Crippen LogP contribution in [0.4, 0.5) is 5.82 Å². The van der Waals surface area contributed by atoms with Crippen molar-refractivity contribution in [3.8, 4) is 6.07 Å². The Morgan fingerprint density at radius 2 is 2.00 bits per heavy atom. The lowest BCUT2D eigenvalue weighted by atomic mass is 9.96. The highest BCUT2D eigenvalue weighted by Crippen LogP contribution is 2.22. The van der Waals surface area contributed by atoms with Crippen molar-refractivity contribution < 1.29 is 0 Å². The van der Waals surface area contributed by atoms with Crippen LogP contribution in [0, 0.1) is 17.2 Å². The molecule has 1 aromatic heterocycles. The van der Waals surface area contributed by atoms with Crippen LogP contribution in [-0.2, 0) is 6.54 Å². The van der Waals surface area contributed by atoms with Gasteiger partial charge in [0, 0.05) is 24.3 Å². The van der Waals surface area contributed by atoms with E-state index in [0.29, 0.717) is 11.5 Å². The summed E-state index contributed by atoms with van der Waals surface area (Å²) in [5, 5.41) is 13.0. The lowest BCUT2D eigenvalue weighted by molar-refractivity contribution is 0.182. The van der Waals surface area contributed by atoms with E-state index in [4.69, 9.17) is 16.9 Å². The molecule has 3 rings (SSSR count). The van der Waals surface area contributed by atoms with E-state index in [1.165, 1.54) is 18.4 Å². The maximum absolute atomic E-state index is 8.79. The molecule has 1 aromatic carbocycles. The lowest BCUT2D eigenvalue weighted by Crippen LogP contribution is -2.35. The Kier molecular flexibility index (Phi) is 5.68. The first-order chi connectivity index (χ1) is 11.7. The summed E-state index contributed by atoms with van der Waals surface area (Å²) in [5.74, 6) is 1.50. The number of likely N-dealkylation sites (tertiary alicyclic amines) is 1. The van der Waals surface area contributed by atoms with Crippen molar-refractivity contribution in [2.75, 3.05) is 25.0 Å². The summed E-state index contributed by atoms with van der Waals surface area (Å²) >= 11 is 6.25. The number of nitriles is 1. The molecule has 2 heterocycles. The number of piperidine rings is 1. The minimum absolute atomic E-state index is 0.591. The van der Waals surface area contributed by atoms with Gasteiger partial charge in [0.05, 0.1) is 5.56 Å². The quantitative estimate of drug-likeness (QED) is 0.896. The Bertz CT molecular complexity index is 700. The van der Waals surface area contributed by atoms with Gasteiger partial charge in [-0.25, -0.2) is 4.98 Å². The van der Waals surface area contributed by atoms with Gasteiger partial charge in [-0.15, -0.1) is 0 Å². The number of aromatic nitrogens is 1. The summed E-state index contributed by atoms with van der Waals surface area (Å²) in [6.07, 6.45) is 3.95. The van der Waals surface area contributed by atoms with Crippen molar-refractivity contribution in [2.45, 2.75) is 19.4 Å². The molecule has 0 atom stereocenters. The molecule has 5 heteroatoms. The van der Waals surface area contributed by atoms with Crippen LogP contribution in [0.2, 0.25) is 5.02 Å². The van der Waals surface area contributed by atoms with E-state index in [-0.39, 0.29) is 0 Å². The number of hydrogen-bond donors (Lipinski definition) is 1. The number of pyridine rings is 1. The van der Waals surface area contributed by atoms with E-state index >= 15 is 0 Å². The monoisotopic (exact) mass is 340 g/mol. The van der Waals surface area contributed by atoms with Gasteiger partial charge in [-0.1, -0.05) is 29.8 Å². The number of halogens is 1. The van der Waals surface area contributed by atoms with Gasteiger partial charge < -0.3 is 5.32 Å². The summed E-state index contributed by atoms with van der Waals surface area (Å²) < 4.78 is 0. The zero-order valence-corrected chi connectivity index (χ0v) is 14.3. The molecule has 0 bridgehead atoms. The molecule has 0 amide bonds. The Hall–Kier alpha value is -2.09. The molecule has 1 N–H and O–H groups in total. The predicted octanol–water partition coefficient (Wildman–Crippen LogP) is 3.93. The normalized spacial score (nSPS) is 15.8. The van der Waals surface area contributed by atoms with Gasteiger partial charge in [0.25, 0.3) is 0 Å². The molecule has 0 aliphatic carbocycles. The van der Waals surface area contributed by atoms with E-state index < -0.39 is 0 Å². The summed E-state index contributed by atoms with van der Waals surface area (Å²) in [5.41, 5.74) is 1.80. The van der Waals surface area contributed by atoms with Crippen LogP contribution in [0.15, 0.2) is 42.6 Å². The van der Waals surface area contributed by atoms with Gasteiger partial charge >= 0.3 is 0 Å². The molecule has 1 aliphatic heterocycles. The van der Waals surface area contributed by atoms with Crippen molar-refractivity contribution in [1.82, 2.24) is 9.88 Å². The first-order valence-corrected chi connectivity index (χ1v) is 8.68. The lowest BCUT2D eigenvalue weighted by Gasteiger charge is -2.32. The number of benzene rings is 1. The fraction of sp³-hybridized carbons (Fsp3) is 0.368. The van der Waals surface area contributed by atoms with Crippen molar-refractivity contribution >= 4 is 17.4 Å². The van der Waals surface area contributed by atoms with Crippen LogP contribution < -0.4 is 5.32 Å². The van der Waals surface area contributed by atoms with Crippen molar-refractivity contribution in [1.29, 1.82) is 5.26 Å². The second-order valence-corrected chi connectivity index (χ2v) is 6.64. The van der Waals surface area contributed by atoms with Crippen LogP contribution in [0.1, 0.15) is 24.0 Å². The van der Waals surface area contributed by atoms with Crippen LogP contribution >= 0.6 is 11.6 Å². The zero-order valence-electron chi connectivity index (χ0n) is 13.6. The van der Waals surface area contributed by atoms with Crippen LogP contribution in [0.5, 0.6) is 0 Å². The number of rotatable bonds is 5. The SMILES string of the molecule is N#Cc1ccc(NCC2CCN(Cc3ccccc3Cl)CC2)nc1. The van der Waals surface area contributed by atoms with E-state index in [2.05, 4.69) is 27.3 Å². The van der Waals surface area contributed by atoms with Crippen LogP contribution in [-0.4, -0.2) is 29.5 Å². The zero-order chi connectivity index (χ0) is 16.8. The molecular weight excluding hydrogens is 320 g/mol. The van der Waals surface area contributed by atoms with E-state index in [1.807, 2.05) is 24.3 Å². The Morgan fingerprint density at radius 1 is 1.21 bits per heavy atom. The Morgan fingerprint density at radius 3 is 2.67 bits per heavy atom. The van der Waals surface area contributed by atoms with Gasteiger partial charge in [0.15, 0.2) is 0 Å². The van der Waals surface area contributed by atoms with E-state index in [1.54, 1.807) is 12.3 Å². The fourth-order valence-electron chi connectivity index (χ4n) is 3.03. The topological polar surface area (TPSA) is 52.0 Å². The summed E-state index contributed by atoms with van der Waals surface area (Å²) in [6, 6.07) is 13.8. The second kappa shape index (κ2) is 8.14. The average molecular weight is 341 g/mol. The van der Waals surface area contributed by atoms with Gasteiger partial charge in [-0.05, 0) is 55.6 Å². The largest absolute Gasteiger partial charge is 0.370 e. The first-order valence-electron chi connectivity index (χ1n) is 8.30. The van der Waals surface area contributed by atoms with E-state index in [9.17, 15) is 0 Å². The van der Waals surface area contributed by atoms with Gasteiger partial charge in [0.2, 0.25) is 0 Å². The molecular formula is C19H21ClN4. The minimum Gasteiger partial charge on any atom is -0.370 e. The van der Waals surface area contributed by atoms with Crippen LogP contribution in [0.3, 0.4) is 0 Å². The Balaban J connectivity index is 1.43. The van der Waals surface area contributed by atoms with E-state index in [0.717, 1.165) is 37.0 Å². The summed E-state index contributed by atoms with van der Waals surface area (Å²) in [6.45, 7) is 4.05. The van der Waals surface area contributed by atoms with Crippen LogP contribution in [0.25, 0.3) is 0 Å². The van der Waals surface area contributed by atoms with Crippen molar-refractivity contribution in [2.24, 2.45) is 5.92 Å². The highest BCUT2D eigenvalue weighted by Gasteiger charge is 2.19. The Labute approximate surface area is 148 Å². The summed E-state index contributed by atoms with van der Waals surface area (Å²) in [4.78, 5) is 6.73. The smallest absolute Gasteiger partial charge is 0.125 e.